The molecular weight excluding hydrogens is 505 g/mol. The van der Waals surface area contributed by atoms with Crippen LogP contribution >= 0.6 is 11.8 Å². The average molecular weight is 527 g/mol. The molecule has 1 saturated heterocycles. The van der Waals surface area contributed by atoms with Crippen LogP contribution in [0.5, 0.6) is 0 Å². The van der Waals surface area contributed by atoms with Gasteiger partial charge in [0.2, 0.25) is 0 Å². The Morgan fingerprint density at radius 2 is 1.73 bits per heavy atom. The molecule has 1 aromatic heterocycles. The number of carbonyl (C=O) groups is 3. The molecule has 2 heterocycles. The number of urea groups is 1. The fourth-order valence-corrected chi connectivity index (χ4v) is 4.91. The number of aromatic nitrogens is 1. The Balaban J connectivity index is 1.36. The van der Waals surface area contributed by atoms with Crippen molar-refractivity contribution < 1.29 is 27.6 Å². The van der Waals surface area contributed by atoms with Crippen LogP contribution < -0.4 is 9.80 Å². The van der Waals surface area contributed by atoms with Gasteiger partial charge in [0.1, 0.15) is 11.2 Å². The molecule has 2 fully saturated rings. The Morgan fingerprint density at radius 1 is 1.05 bits per heavy atom. The van der Waals surface area contributed by atoms with Gasteiger partial charge in [-0.3, -0.25) is 14.6 Å². The van der Waals surface area contributed by atoms with Gasteiger partial charge >= 0.3 is 11.5 Å². The molecule has 11 heteroatoms. The number of rotatable bonds is 6. The molecule has 0 radical (unpaired) electrons. The van der Waals surface area contributed by atoms with Gasteiger partial charge in [-0.05, 0) is 78.7 Å². The Labute approximate surface area is 214 Å². The number of hydrogen-bond acceptors (Lipinski definition) is 5. The molecule has 3 aromatic rings. The molecule has 5 rings (SSSR count). The number of thioether (sulfide) groups is 1. The molecular formula is C26H21F3N4O3S. The Kier molecular flexibility index (Phi) is 6.18. The van der Waals surface area contributed by atoms with Crippen LogP contribution in [0, 0.1) is 0 Å². The van der Waals surface area contributed by atoms with Crippen LogP contribution in [-0.4, -0.2) is 45.8 Å². The molecule has 190 valence electrons. The van der Waals surface area contributed by atoms with Crippen molar-refractivity contribution in [3.8, 4) is 0 Å². The average Bonchev–Trinajstić information content (AvgIpc) is 3.66. The summed E-state index contributed by atoms with van der Waals surface area (Å²) in [6.07, 6.45) is 2.46. The number of alkyl halides is 3. The molecule has 1 aliphatic heterocycles. The number of carbonyl (C=O) groups excluding carboxylic acids is 3. The summed E-state index contributed by atoms with van der Waals surface area (Å²) in [6.45, 7) is 0.0843. The maximum Gasteiger partial charge on any atom is 0.446 e. The summed E-state index contributed by atoms with van der Waals surface area (Å²) in [7, 11) is 1.64. The van der Waals surface area contributed by atoms with Crippen LogP contribution in [0.25, 0.3) is 0 Å². The topological polar surface area (TPSA) is 73.8 Å². The molecule has 4 amide bonds. The summed E-state index contributed by atoms with van der Waals surface area (Å²) < 4.78 is 38.0. The smallest absolute Gasteiger partial charge is 0.310 e. The Bertz CT molecular complexity index is 1360. The molecule has 7 nitrogen and oxygen atoms in total. The quantitative estimate of drug-likeness (QED) is 0.315. The first-order chi connectivity index (χ1) is 17.6. The van der Waals surface area contributed by atoms with E-state index in [9.17, 15) is 27.6 Å². The van der Waals surface area contributed by atoms with Crippen molar-refractivity contribution in [3.63, 3.8) is 0 Å². The van der Waals surface area contributed by atoms with Gasteiger partial charge in [-0.2, -0.15) is 13.2 Å². The fourth-order valence-electron chi connectivity index (χ4n) is 4.37. The normalized spacial score (nSPS) is 16.4. The molecule has 0 bridgehead atoms. The summed E-state index contributed by atoms with van der Waals surface area (Å²) in [5.74, 6) is -0.723. The molecule has 0 N–H and O–H groups in total. The predicted molar refractivity (Wildman–Crippen MR) is 132 cm³/mol. The lowest BCUT2D eigenvalue weighted by Crippen LogP contribution is -2.36. The second-order valence-electron chi connectivity index (χ2n) is 8.83. The SMILES string of the molecule is CN(C(=O)c1cc(CN2C(=O)N(c3ccc(SC(F)(F)F)cc3)C(=O)C23CC3)ccn1)c1ccccc1. The lowest BCUT2D eigenvalue weighted by molar-refractivity contribution is -0.120. The van der Waals surface area contributed by atoms with Crippen LogP contribution in [-0.2, 0) is 11.3 Å². The molecule has 37 heavy (non-hydrogen) atoms. The minimum absolute atomic E-state index is 0.0391. The first-order valence-electron chi connectivity index (χ1n) is 11.4. The molecule has 2 aliphatic rings. The maximum absolute atomic E-state index is 13.4. The van der Waals surface area contributed by atoms with Crippen LogP contribution in [0.4, 0.5) is 29.3 Å². The first-order valence-corrected chi connectivity index (χ1v) is 12.2. The monoisotopic (exact) mass is 526 g/mol. The van der Waals surface area contributed by atoms with E-state index in [2.05, 4.69) is 4.98 Å². The van der Waals surface area contributed by atoms with Crippen molar-refractivity contribution in [3.05, 3.63) is 84.2 Å². The van der Waals surface area contributed by atoms with E-state index < -0.39 is 23.0 Å². The highest BCUT2D eigenvalue weighted by Gasteiger charge is 2.65. The van der Waals surface area contributed by atoms with E-state index in [0.717, 1.165) is 4.90 Å². The van der Waals surface area contributed by atoms with Gasteiger partial charge in [-0.15, -0.1) is 0 Å². The number of hydrogen-bond donors (Lipinski definition) is 0. The second kappa shape index (κ2) is 9.22. The second-order valence-corrected chi connectivity index (χ2v) is 9.97. The third-order valence-corrected chi connectivity index (χ3v) is 7.16. The lowest BCUT2D eigenvalue weighted by atomic mass is 10.1. The first kappa shape index (κ1) is 24.8. The van der Waals surface area contributed by atoms with E-state index >= 15 is 0 Å². The van der Waals surface area contributed by atoms with Crippen LogP contribution in [0.3, 0.4) is 0 Å². The number of imide groups is 1. The maximum atomic E-state index is 13.4. The molecule has 1 spiro atoms. The minimum atomic E-state index is -4.43. The zero-order valence-electron chi connectivity index (χ0n) is 19.6. The van der Waals surface area contributed by atoms with E-state index in [-0.39, 0.29) is 40.5 Å². The summed E-state index contributed by atoms with van der Waals surface area (Å²) in [5.41, 5.74) is -3.67. The summed E-state index contributed by atoms with van der Waals surface area (Å²) in [4.78, 5) is 47.7. The van der Waals surface area contributed by atoms with Gasteiger partial charge in [-0.1, -0.05) is 18.2 Å². The van der Waals surface area contributed by atoms with E-state index in [0.29, 0.717) is 24.1 Å². The van der Waals surface area contributed by atoms with Gasteiger partial charge in [-0.25, -0.2) is 9.69 Å². The summed E-state index contributed by atoms with van der Waals surface area (Å²) >= 11 is -0.264. The highest BCUT2D eigenvalue weighted by molar-refractivity contribution is 8.00. The predicted octanol–water partition coefficient (Wildman–Crippen LogP) is 5.47. The molecule has 0 atom stereocenters. The highest BCUT2D eigenvalue weighted by atomic mass is 32.2. The van der Waals surface area contributed by atoms with Crippen molar-refractivity contribution in [1.82, 2.24) is 9.88 Å². The zero-order valence-corrected chi connectivity index (χ0v) is 20.4. The largest absolute Gasteiger partial charge is 0.446 e. The number of pyridine rings is 1. The highest BCUT2D eigenvalue weighted by Crippen LogP contribution is 2.50. The fraction of sp³-hybridized carbons (Fsp3) is 0.231. The van der Waals surface area contributed by atoms with Crippen molar-refractivity contribution in [1.29, 1.82) is 0 Å². The number of halogens is 3. The van der Waals surface area contributed by atoms with Crippen molar-refractivity contribution in [2.75, 3.05) is 16.8 Å². The van der Waals surface area contributed by atoms with Crippen LogP contribution in [0.1, 0.15) is 28.9 Å². The number of benzene rings is 2. The van der Waals surface area contributed by atoms with E-state index in [1.807, 2.05) is 18.2 Å². The van der Waals surface area contributed by atoms with Gasteiger partial charge in [0.15, 0.2) is 0 Å². The lowest BCUT2D eigenvalue weighted by Gasteiger charge is -2.22. The van der Waals surface area contributed by atoms with Crippen LogP contribution in [0.2, 0.25) is 0 Å². The molecule has 0 unspecified atom stereocenters. The van der Waals surface area contributed by atoms with Gasteiger partial charge < -0.3 is 9.80 Å². The minimum Gasteiger partial charge on any atom is -0.310 e. The molecule has 2 aromatic carbocycles. The van der Waals surface area contributed by atoms with Gasteiger partial charge in [0.25, 0.3) is 11.8 Å². The summed E-state index contributed by atoms with van der Waals surface area (Å²) in [5, 5.41) is 0. The molecule has 1 aliphatic carbocycles. The third-order valence-electron chi connectivity index (χ3n) is 6.42. The molecule has 1 saturated carbocycles. The van der Waals surface area contributed by atoms with E-state index in [1.54, 1.807) is 31.3 Å². The standard InChI is InChI=1S/C26H21F3N4O3S/c1-31(18-5-3-2-4-6-18)22(34)21-15-17(11-14-30-21)16-32-24(36)33(23(35)25(32)12-13-25)19-7-9-20(10-8-19)37-26(27,28)29/h2-11,14-15H,12-13,16H2,1H3. The van der Waals surface area contributed by atoms with Crippen LogP contribution in [0.15, 0.2) is 77.8 Å². The van der Waals surface area contributed by atoms with Crippen molar-refractivity contribution in [2.24, 2.45) is 0 Å². The van der Waals surface area contributed by atoms with E-state index in [4.69, 9.17) is 0 Å². The number of anilines is 2. The van der Waals surface area contributed by atoms with Crippen molar-refractivity contribution in [2.45, 2.75) is 35.3 Å². The van der Waals surface area contributed by atoms with Gasteiger partial charge in [0, 0.05) is 30.4 Å². The number of amides is 4. The van der Waals surface area contributed by atoms with Crippen molar-refractivity contribution >= 4 is 41.0 Å². The number of nitrogens with zero attached hydrogens (tertiary/aromatic N) is 4. The Hall–Kier alpha value is -3.86. The van der Waals surface area contributed by atoms with Gasteiger partial charge in [0.05, 0.1) is 5.69 Å². The number of para-hydroxylation sites is 1. The summed E-state index contributed by atoms with van der Waals surface area (Å²) in [6, 6.07) is 17.0. The third kappa shape index (κ3) is 4.78. The van der Waals surface area contributed by atoms with E-state index in [1.165, 1.54) is 40.3 Å². The zero-order chi connectivity index (χ0) is 26.4. The Morgan fingerprint density at radius 3 is 2.35 bits per heavy atom.